The lowest BCUT2D eigenvalue weighted by atomic mass is 10.0. The summed E-state index contributed by atoms with van der Waals surface area (Å²) in [6.07, 6.45) is 3.07. The Labute approximate surface area is 107 Å². The van der Waals surface area contributed by atoms with Crippen LogP contribution < -0.4 is 0 Å². The summed E-state index contributed by atoms with van der Waals surface area (Å²) in [5, 5.41) is 3.95. The van der Waals surface area contributed by atoms with E-state index in [1.165, 1.54) is 7.11 Å². The molecule has 0 radical (unpaired) electrons. The maximum Gasteiger partial charge on any atom is 0.323 e. The second-order valence-electron chi connectivity index (χ2n) is 4.81. The van der Waals surface area contributed by atoms with Gasteiger partial charge in [-0.2, -0.15) is 0 Å². The number of rotatable bonds is 3. The predicted octanol–water partition coefficient (Wildman–Crippen LogP) is 1.82. The third kappa shape index (κ3) is 2.56. The summed E-state index contributed by atoms with van der Waals surface area (Å²) in [5.74, 6) is 0.697. The van der Waals surface area contributed by atoms with E-state index in [0.29, 0.717) is 6.54 Å². The van der Waals surface area contributed by atoms with Crippen molar-refractivity contribution in [2.24, 2.45) is 0 Å². The molecule has 1 aromatic rings. The van der Waals surface area contributed by atoms with Gasteiger partial charge in [0.25, 0.3) is 0 Å². The standard InChI is InChI=1S/C13H20N2O3/c1-9-11(10(2)18-14-9)8-15-7-5-4-6-12(15)13(16)17-3/h12H,4-8H2,1-3H3/t12-/m1/s1. The van der Waals surface area contributed by atoms with Gasteiger partial charge in [0.1, 0.15) is 11.8 Å². The average molecular weight is 252 g/mol. The van der Waals surface area contributed by atoms with Gasteiger partial charge in [0.2, 0.25) is 0 Å². The fourth-order valence-electron chi connectivity index (χ4n) is 2.51. The van der Waals surface area contributed by atoms with E-state index in [0.717, 1.165) is 42.8 Å². The lowest BCUT2D eigenvalue weighted by Gasteiger charge is -2.33. The number of aromatic nitrogens is 1. The van der Waals surface area contributed by atoms with Crippen LogP contribution in [0.2, 0.25) is 0 Å². The van der Waals surface area contributed by atoms with Gasteiger partial charge in [-0.3, -0.25) is 9.69 Å². The molecule has 5 nitrogen and oxygen atoms in total. The number of aryl methyl sites for hydroxylation is 2. The first kappa shape index (κ1) is 13.1. The van der Waals surface area contributed by atoms with Gasteiger partial charge in [-0.25, -0.2) is 0 Å². The number of likely N-dealkylation sites (tertiary alicyclic amines) is 1. The molecular formula is C13H20N2O3. The van der Waals surface area contributed by atoms with Crippen LogP contribution in [-0.2, 0) is 16.1 Å². The van der Waals surface area contributed by atoms with E-state index >= 15 is 0 Å². The highest BCUT2D eigenvalue weighted by atomic mass is 16.5. The molecule has 0 bridgehead atoms. The number of piperidine rings is 1. The largest absolute Gasteiger partial charge is 0.468 e. The molecule has 1 aliphatic rings. The van der Waals surface area contributed by atoms with Crippen LogP contribution in [0.15, 0.2) is 4.52 Å². The van der Waals surface area contributed by atoms with Crippen molar-refractivity contribution in [1.29, 1.82) is 0 Å². The van der Waals surface area contributed by atoms with E-state index in [1.807, 2.05) is 13.8 Å². The quantitative estimate of drug-likeness (QED) is 0.768. The van der Waals surface area contributed by atoms with Gasteiger partial charge in [0.05, 0.1) is 12.8 Å². The van der Waals surface area contributed by atoms with Crippen molar-refractivity contribution < 1.29 is 14.1 Å². The second kappa shape index (κ2) is 5.52. The summed E-state index contributed by atoms with van der Waals surface area (Å²) in [5.41, 5.74) is 1.99. The van der Waals surface area contributed by atoms with Gasteiger partial charge in [0, 0.05) is 12.1 Å². The van der Waals surface area contributed by atoms with Crippen LogP contribution in [0.4, 0.5) is 0 Å². The lowest BCUT2D eigenvalue weighted by molar-refractivity contribution is -0.148. The van der Waals surface area contributed by atoms with E-state index < -0.39 is 0 Å². The summed E-state index contributed by atoms with van der Waals surface area (Å²) >= 11 is 0. The van der Waals surface area contributed by atoms with Gasteiger partial charge >= 0.3 is 5.97 Å². The Balaban J connectivity index is 2.13. The summed E-state index contributed by atoms with van der Waals surface area (Å²) in [6.45, 7) is 5.47. The average Bonchev–Trinajstić information content (AvgIpc) is 2.70. The smallest absolute Gasteiger partial charge is 0.323 e. The highest BCUT2D eigenvalue weighted by Gasteiger charge is 2.30. The first-order chi connectivity index (χ1) is 8.63. The van der Waals surface area contributed by atoms with Crippen molar-refractivity contribution in [3.63, 3.8) is 0 Å². The number of carbonyl (C=O) groups excluding carboxylic acids is 1. The molecule has 2 heterocycles. The first-order valence-electron chi connectivity index (χ1n) is 6.37. The SMILES string of the molecule is COC(=O)[C@H]1CCCCN1Cc1c(C)noc1C. The molecule has 0 spiro atoms. The van der Waals surface area contributed by atoms with Gasteiger partial charge in [0.15, 0.2) is 0 Å². The summed E-state index contributed by atoms with van der Waals surface area (Å²) in [7, 11) is 1.45. The van der Waals surface area contributed by atoms with E-state index in [9.17, 15) is 4.79 Å². The van der Waals surface area contributed by atoms with Gasteiger partial charge in [-0.05, 0) is 33.2 Å². The normalized spacial score (nSPS) is 20.9. The maximum atomic E-state index is 11.8. The Morgan fingerprint density at radius 1 is 1.50 bits per heavy atom. The molecule has 0 N–H and O–H groups in total. The third-order valence-corrected chi connectivity index (χ3v) is 3.63. The molecule has 1 atom stereocenters. The molecule has 0 unspecified atom stereocenters. The van der Waals surface area contributed by atoms with Crippen LogP contribution in [0.1, 0.15) is 36.3 Å². The third-order valence-electron chi connectivity index (χ3n) is 3.63. The van der Waals surface area contributed by atoms with Crippen LogP contribution in [-0.4, -0.2) is 35.7 Å². The number of nitrogens with zero attached hydrogens (tertiary/aromatic N) is 2. The monoisotopic (exact) mass is 252 g/mol. The zero-order chi connectivity index (χ0) is 13.1. The molecule has 1 saturated heterocycles. The van der Waals surface area contributed by atoms with Crippen molar-refractivity contribution in [2.75, 3.05) is 13.7 Å². The number of methoxy groups -OCH3 is 1. The van der Waals surface area contributed by atoms with Crippen molar-refractivity contribution in [1.82, 2.24) is 10.1 Å². The number of ether oxygens (including phenoxy) is 1. The molecule has 5 heteroatoms. The van der Waals surface area contributed by atoms with Crippen LogP contribution in [0.3, 0.4) is 0 Å². The molecule has 1 aliphatic heterocycles. The minimum Gasteiger partial charge on any atom is -0.468 e. The molecular weight excluding hydrogens is 232 g/mol. The van der Waals surface area contributed by atoms with E-state index in [-0.39, 0.29) is 12.0 Å². The zero-order valence-electron chi connectivity index (χ0n) is 11.2. The highest BCUT2D eigenvalue weighted by Crippen LogP contribution is 2.23. The predicted molar refractivity (Wildman–Crippen MR) is 66.0 cm³/mol. The van der Waals surface area contributed by atoms with Crippen LogP contribution in [0.25, 0.3) is 0 Å². The maximum absolute atomic E-state index is 11.8. The van der Waals surface area contributed by atoms with E-state index in [1.54, 1.807) is 0 Å². The molecule has 18 heavy (non-hydrogen) atoms. The fourth-order valence-corrected chi connectivity index (χ4v) is 2.51. The van der Waals surface area contributed by atoms with Crippen molar-refractivity contribution >= 4 is 5.97 Å². The number of esters is 1. The first-order valence-corrected chi connectivity index (χ1v) is 6.37. The van der Waals surface area contributed by atoms with Crippen LogP contribution in [0, 0.1) is 13.8 Å². The van der Waals surface area contributed by atoms with Crippen LogP contribution >= 0.6 is 0 Å². The van der Waals surface area contributed by atoms with E-state index in [4.69, 9.17) is 9.26 Å². The lowest BCUT2D eigenvalue weighted by Crippen LogP contribution is -2.44. The van der Waals surface area contributed by atoms with E-state index in [2.05, 4.69) is 10.1 Å². The highest BCUT2D eigenvalue weighted by molar-refractivity contribution is 5.75. The van der Waals surface area contributed by atoms with Crippen molar-refractivity contribution in [3.8, 4) is 0 Å². The Morgan fingerprint density at radius 2 is 2.28 bits per heavy atom. The minimum absolute atomic E-state index is 0.127. The van der Waals surface area contributed by atoms with Crippen molar-refractivity contribution in [2.45, 2.75) is 45.7 Å². The van der Waals surface area contributed by atoms with Crippen molar-refractivity contribution in [3.05, 3.63) is 17.0 Å². The number of hydrogen-bond donors (Lipinski definition) is 0. The topological polar surface area (TPSA) is 55.6 Å². The molecule has 2 rings (SSSR count). The summed E-state index contributed by atoms with van der Waals surface area (Å²) in [4.78, 5) is 13.9. The molecule has 0 saturated carbocycles. The van der Waals surface area contributed by atoms with Gasteiger partial charge < -0.3 is 9.26 Å². The number of hydrogen-bond acceptors (Lipinski definition) is 5. The fraction of sp³-hybridized carbons (Fsp3) is 0.692. The zero-order valence-corrected chi connectivity index (χ0v) is 11.2. The van der Waals surface area contributed by atoms with Gasteiger partial charge in [-0.15, -0.1) is 0 Å². The molecule has 0 amide bonds. The number of carbonyl (C=O) groups is 1. The summed E-state index contributed by atoms with van der Waals surface area (Å²) < 4.78 is 10.0. The minimum atomic E-state index is -0.138. The Bertz CT molecular complexity index is 408. The molecule has 0 aliphatic carbocycles. The second-order valence-corrected chi connectivity index (χ2v) is 4.81. The Hall–Kier alpha value is -1.36. The molecule has 1 aromatic heterocycles. The molecule has 100 valence electrons. The molecule has 0 aromatic carbocycles. The van der Waals surface area contributed by atoms with Crippen LogP contribution in [0.5, 0.6) is 0 Å². The summed E-state index contributed by atoms with van der Waals surface area (Å²) in [6, 6.07) is -0.127. The Morgan fingerprint density at radius 3 is 2.89 bits per heavy atom. The van der Waals surface area contributed by atoms with Gasteiger partial charge in [-0.1, -0.05) is 11.6 Å². The molecule has 1 fully saturated rings. The Kier molecular flexibility index (Phi) is 4.01.